The van der Waals surface area contributed by atoms with E-state index in [4.69, 9.17) is 8.94 Å². The van der Waals surface area contributed by atoms with Crippen molar-refractivity contribution in [1.29, 1.82) is 0 Å². The summed E-state index contributed by atoms with van der Waals surface area (Å²) in [5.41, 5.74) is 1.13. The molecule has 0 aliphatic rings. The van der Waals surface area contributed by atoms with Crippen LogP contribution in [0.15, 0.2) is 63.7 Å². The van der Waals surface area contributed by atoms with Crippen molar-refractivity contribution in [2.45, 2.75) is 12.8 Å². The molecule has 5 nitrogen and oxygen atoms in total. The fraction of sp³-hybridized carbons (Fsp3) is 0.125. The van der Waals surface area contributed by atoms with Crippen LogP contribution in [0.1, 0.15) is 12.0 Å². The summed E-state index contributed by atoms with van der Waals surface area (Å²) in [6, 6.07) is 15.0. The highest BCUT2D eigenvalue weighted by molar-refractivity contribution is 5.90. The summed E-state index contributed by atoms with van der Waals surface area (Å²) in [5, 5.41) is 6.51. The Hall–Kier alpha value is -2.82. The van der Waals surface area contributed by atoms with Crippen LogP contribution in [-0.4, -0.2) is 11.1 Å². The second-order valence-electron chi connectivity index (χ2n) is 4.59. The van der Waals surface area contributed by atoms with Crippen LogP contribution in [0.5, 0.6) is 0 Å². The monoisotopic (exact) mass is 282 g/mol. The van der Waals surface area contributed by atoms with Crippen LogP contribution in [0.4, 0.5) is 5.82 Å². The van der Waals surface area contributed by atoms with Gasteiger partial charge in [0.15, 0.2) is 11.6 Å². The molecule has 3 aromatic rings. The average molecular weight is 282 g/mol. The van der Waals surface area contributed by atoms with Crippen molar-refractivity contribution >= 4 is 11.7 Å². The predicted octanol–water partition coefficient (Wildman–Crippen LogP) is 3.51. The number of nitrogens with one attached hydrogen (secondary N) is 1. The van der Waals surface area contributed by atoms with Crippen molar-refractivity contribution in [1.82, 2.24) is 5.16 Å². The lowest BCUT2D eigenvalue weighted by Crippen LogP contribution is -2.12. The highest BCUT2D eigenvalue weighted by atomic mass is 16.5. The Bertz CT molecular complexity index is 702. The zero-order valence-corrected chi connectivity index (χ0v) is 11.3. The molecule has 1 N–H and O–H groups in total. The molecule has 2 heterocycles. The van der Waals surface area contributed by atoms with Gasteiger partial charge in [0.05, 0.1) is 6.26 Å². The third-order valence-electron chi connectivity index (χ3n) is 3.03. The fourth-order valence-electron chi connectivity index (χ4n) is 1.98. The summed E-state index contributed by atoms with van der Waals surface area (Å²) < 4.78 is 10.3. The molecule has 5 heteroatoms. The Kier molecular flexibility index (Phi) is 3.82. The Morgan fingerprint density at radius 1 is 1.10 bits per heavy atom. The summed E-state index contributed by atoms with van der Waals surface area (Å²) >= 11 is 0. The number of carbonyl (C=O) groups excluding carboxylic acids is 1. The Morgan fingerprint density at radius 2 is 1.95 bits per heavy atom. The summed E-state index contributed by atoms with van der Waals surface area (Å²) in [4.78, 5) is 11.9. The van der Waals surface area contributed by atoms with E-state index < -0.39 is 0 Å². The van der Waals surface area contributed by atoms with Crippen LogP contribution in [0.2, 0.25) is 0 Å². The van der Waals surface area contributed by atoms with Gasteiger partial charge < -0.3 is 14.3 Å². The van der Waals surface area contributed by atoms with Crippen LogP contribution in [0.25, 0.3) is 11.5 Å². The molecular formula is C16H14N2O3. The zero-order valence-electron chi connectivity index (χ0n) is 11.3. The van der Waals surface area contributed by atoms with Crippen molar-refractivity contribution in [2.24, 2.45) is 0 Å². The number of hydrogen-bond donors (Lipinski definition) is 1. The maximum absolute atomic E-state index is 11.9. The molecule has 0 spiro atoms. The molecule has 0 aliphatic heterocycles. The number of hydrogen-bond acceptors (Lipinski definition) is 4. The fourth-order valence-corrected chi connectivity index (χ4v) is 1.98. The molecule has 106 valence electrons. The minimum absolute atomic E-state index is 0.0989. The summed E-state index contributed by atoms with van der Waals surface area (Å²) in [6.45, 7) is 0. The lowest BCUT2D eigenvalue weighted by atomic mass is 10.1. The Balaban J connectivity index is 1.55. The molecule has 0 fully saturated rings. The molecule has 21 heavy (non-hydrogen) atoms. The summed E-state index contributed by atoms with van der Waals surface area (Å²) in [6.07, 6.45) is 2.64. The molecule has 0 unspecified atom stereocenters. The Labute approximate surface area is 121 Å². The van der Waals surface area contributed by atoms with Crippen LogP contribution >= 0.6 is 0 Å². The van der Waals surface area contributed by atoms with E-state index in [9.17, 15) is 4.79 Å². The minimum Gasteiger partial charge on any atom is -0.461 e. The number of carbonyl (C=O) groups is 1. The first-order chi connectivity index (χ1) is 10.3. The maximum Gasteiger partial charge on any atom is 0.225 e. The molecular weight excluding hydrogens is 268 g/mol. The second-order valence-corrected chi connectivity index (χ2v) is 4.59. The van der Waals surface area contributed by atoms with Gasteiger partial charge in [-0.15, -0.1) is 0 Å². The largest absolute Gasteiger partial charge is 0.461 e. The number of anilines is 1. The van der Waals surface area contributed by atoms with E-state index in [1.54, 1.807) is 24.5 Å². The van der Waals surface area contributed by atoms with Gasteiger partial charge in [-0.05, 0) is 24.1 Å². The second kappa shape index (κ2) is 6.09. The predicted molar refractivity (Wildman–Crippen MR) is 77.6 cm³/mol. The number of rotatable bonds is 5. The van der Waals surface area contributed by atoms with Crippen LogP contribution < -0.4 is 5.32 Å². The maximum atomic E-state index is 11.9. The summed E-state index contributed by atoms with van der Waals surface area (Å²) in [7, 11) is 0. The first-order valence-corrected chi connectivity index (χ1v) is 6.65. The topological polar surface area (TPSA) is 68.3 Å². The van der Waals surface area contributed by atoms with Gasteiger partial charge in [0, 0.05) is 12.5 Å². The number of benzene rings is 1. The van der Waals surface area contributed by atoms with Crippen molar-refractivity contribution < 1.29 is 13.7 Å². The third-order valence-corrected chi connectivity index (χ3v) is 3.03. The lowest BCUT2D eigenvalue weighted by Gasteiger charge is -2.01. The van der Waals surface area contributed by atoms with Crippen LogP contribution in [-0.2, 0) is 11.2 Å². The molecule has 0 saturated heterocycles. The smallest absolute Gasteiger partial charge is 0.225 e. The molecule has 0 saturated carbocycles. The van der Waals surface area contributed by atoms with E-state index in [2.05, 4.69) is 10.5 Å². The number of amides is 1. The van der Waals surface area contributed by atoms with E-state index in [0.717, 1.165) is 5.56 Å². The molecule has 1 amide bonds. The van der Waals surface area contributed by atoms with Crippen molar-refractivity contribution in [2.75, 3.05) is 5.32 Å². The average Bonchev–Trinajstić information content (AvgIpc) is 3.17. The van der Waals surface area contributed by atoms with Gasteiger partial charge >= 0.3 is 0 Å². The van der Waals surface area contributed by atoms with Crippen molar-refractivity contribution in [3.8, 4) is 11.5 Å². The molecule has 0 atom stereocenters. The number of aromatic nitrogens is 1. The molecule has 3 rings (SSSR count). The number of furan rings is 1. The van der Waals surface area contributed by atoms with Gasteiger partial charge in [-0.2, -0.15) is 0 Å². The molecule has 0 radical (unpaired) electrons. The van der Waals surface area contributed by atoms with Crippen molar-refractivity contribution in [3.63, 3.8) is 0 Å². The van der Waals surface area contributed by atoms with Gasteiger partial charge in [-0.3, -0.25) is 4.79 Å². The highest BCUT2D eigenvalue weighted by Gasteiger charge is 2.11. The van der Waals surface area contributed by atoms with Gasteiger partial charge in [0.1, 0.15) is 0 Å². The van der Waals surface area contributed by atoms with Gasteiger partial charge in [-0.25, -0.2) is 0 Å². The molecule has 0 aliphatic carbocycles. The highest BCUT2D eigenvalue weighted by Crippen LogP contribution is 2.22. The number of nitrogens with zero attached hydrogens (tertiary/aromatic N) is 1. The standard InChI is InChI=1S/C16H14N2O3/c19-16(9-8-12-5-2-1-3-6-12)17-15-11-14(21-18-15)13-7-4-10-20-13/h1-7,10-11H,8-9H2,(H,17,18,19). The van der Waals surface area contributed by atoms with Crippen LogP contribution in [0.3, 0.4) is 0 Å². The lowest BCUT2D eigenvalue weighted by molar-refractivity contribution is -0.116. The molecule has 1 aromatic carbocycles. The van der Waals surface area contributed by atoms with Gasteiger partial charge in [0.2, 0.25) is 11.7 Å². The molecule has 2 aromatic heterocycles. The zero-order chi connectivity index (χ0) is 14.5. The van der Waals surface area contributed by atoms with E-state index in [-0.39, 0.29) is 5.91 Å². The van der Waals surface area contributed by atoms with Gasteiger partial charge in [-0.1, -0.05) is 35.5 Å². The normalized spacial score (nSPS) is 10.5. The SMILES string of the molecule is O=C(CCc1ccccc1)Nc1cc(-c2ccco2)on1. The van der Waals surface area contributed by atoms with E-state index >= 15 is 0 Å². The minimum atomic E-state index is -0.0989. The van der Waals surface area contributed by atoms with E-state index in [1.165, 1.54) is 0 Å². The first-order valence-electron chi connectivity index (χ1n) is 6.65. The van der Waals surface area contributed by atoms with Crippen molar-refractivity contribution in [3.05, 3.63) is 60.4 Å². The third kappa shape index (κ3) is 3.39. The quantitative estimate of drug-likeness (QED) is 0.777. The van der Waals surface area contributed by atoms with Crippen LogP contribution in [0, 0.1) is 0 Å². The molecule has 0 bridgehead atoms. The number of aryl methyl sites for hydroxylation is 1. The summed E-state index contributed by atoms with van der Waals surface area (Å²) in [5.74, 6) is 1.35. The Morgan fingerprint density at radius 3 is 2.71 bits per heavy atom. The van der Waals surface area contributed by atoms with E-state index in [0.29, 0.717) is 30.2 Å². The van der Waals surface area contributed by atoms with Gasteiger partial charge in [0.25, 0.3) is 0 Å². The van der Waals surface area contributed by atoms with E-state index in [1.807, 2.05) is 30.3 Å². The first kappa shape index (κ1) is 13.2.